The van der Waals surface area contributed by atoms with Crippen molar-refractivity contribution in [1.82, 2.24) is 5.32 Å². The van der Waals surface area contributed by atoms with Crippen molar-refractivity contribution < 1.29 is 19.1 Å². The molecule has 7 nitrogen and oxygen atoms in total. The lowest BCUT2D eigenvalue weighted by Crippen LogP contribution is -2.35. The van der Waals surface area contributed by atoms with Crippen molar-refractivity contribution in [2.45, 2.75) is 13.8 Å². The average Bonchev–Trinajstić information content (AvgIpc) is 2.61. The maximum atomic E-state index is 12.0. The third-order valence-corrected chi connectivity index (χ3v) is 3.67. The van der Waals surface area contributed by atoms with E-state index in [2.05, 4.69) is 10.6 Å². The number of aryl methyl sites for hydroxylation is 2. The highest BCUT2D eigenvalue weighted by atomic mass is 16.5. The predicted molar refractivity (Wildman–Crippen MR) is 98.7 cm³/mol. The SMILES string of the molecule is Cc1cccc(C)c1NC(=O)CNC(=O)COC(=O)c1ccc(N)cc1. The molecule has 0 atom stereocenters. The van der Waals surface area contributed by atoms with Gasteiger partial charge in [-0.25, -0.2) is 4.79 Å². The molecule has 0 aliphatic heterocycles. The molecule has 0 aliphatic carbocycles. The van der Waals surface area contributed by atoms with Crippen molar-refractivity contribution in [3.8, 4) is 0 Å². The van der Waals surface area contributed by atoms with E-state index in [1.54, 1.807) is 12.1 Å². The summed E-state index contributed by atoms with van der Waals surface area (Å²) >= 11 is 0. The number of amides is 2. The second-order valence-electron chi connectivity index (χ2n) is 5.79. The van der Waals surface area contributed by atoms with Crippen LogP contribution in [0, 0.1) is 13.8 Å². The second kappa shape index (κ2) is 8.66. The number of esters is 1. The molecule has 0 aromatic heterocycles. The molecule has 7 heteroatoms. The molecule has 2 rings (SSSR count). The zero-order chi connectivity index (χ0) is 19.1. The third-order valence-electron chi connectivity index (χ3n) is 3.67. The number of carbonyl (C=O) groups is 3. The van der Waals surface area contributed by atoms with Crippen molar-refractivity contribution in [1.29, 1.82) is 0 Å². The van der Waals surface area contributed by atoms with Gasteiger partial charge < -0.3 is 21.1 Å². The second-order valence-corrected chi connectivity index (χ2v) is 5.79. The van der Waals surface area contributed by atoms with Crippen LogP contribution >= 0.6 is 0 Å². The highest BCUT2D eigenvalue weighted by Crippen LogP contribution is 2.18. The number of rotatable bonds is 6. The quantitative estimate of drug-likeness (QED) is 0.540. The number of hydrogen-bond acceptors (Lipinski definition) is 5. The van der Waals surface area contributed by atoms with Gasteiger partial charge in [-0.3, -0.25) is 9.59 Å². The molecule has 0 unspecified atom stereocenters. The van der Waals surface area contributed by atoms with Gasteiger partial charge in [-0.15, -0.1) is 0 Å². The van der Waals surface area contributed by atoms with Crippen LogP contribution in [0.1, 0.15) is 21.5 Å². The fourth-order valence-corrected chi connectivity index (χ4v) is 2.26. The lowest BCUT2D eigenvalue weighted by molar-refractivity contribution is -0.126. The molecule has 0 aliphatic rings. The van der Waals surface area contributed by atoms with Gasteiger partial charge in [0.05, 0.1) is 12.1 Å². The molecule has 0 fully saturated rings. The molecule has 26 heavy (non-hydrogen) atoms. The van der Waals surface area contributed by atoms with E-state index in [0.717, 1.165) is 16.8 Å². The van der Waals surface area contributed by atoms with Gasteiger partial charge >= 0.3 is 5.97 Å². The summed E-state index contributed by atoms with van der Waals surface area (Å²) in [7, 11) is 0. The fourth-order valence-electron chi connectivity index (χ4n) is 2.26. The van der Waals surface area contributed by atoms with Gasteiger partial charge in [0.15, 0.2) is 6.61 Å². The van der Waals surface area contributed by atoms with Gasteiger partial charge in [0.1, 0.15) is 0 Å². The van der Waals surface area contributed by atoms with Crippen LogP contribution in [0.5, 0.6) is 0 Å². The summed E-state index contributed by atoms with van der Waals surface area (Å²) in [5.41, 5.74) is 8.94. The molecule has 0 saturated heterocycles. The number of benzene rings is 2. The minimum atomic E-state index is -0.639. The number of carbonyl (C=O) groups excluding carboxylic acids is 3. The first kappa shape index (κ1) is 19.0. The molecular weight excluding hydrogens is 334 g/mol. The molecule has 4 N–H and O–H groups in total. The Morgan fingerprint density at radius 1 is 0.962 bits per heavy atom. The number of para-hydroxylation sites is 1. The molecular formula is C19H21N3O4. The van der Waals surface area contributed by atoms with Crippen LogP contribution in [0.25, 0.3) is 0 Å². The van der Waals surface area contributed by atoms with Gasteiger partial charge in [-0.1, -0.05) is 18.2 Å². The molecule has 0 spiro atoms. The van der Waals surface area contributed by atoms with E-state index in [9.17, 15) is 14.4 Å². The van der Waals surface area contributed by atoms with Crippen molar-refractivity contribution in [3.05, 3.63) is 59.2 Å². The summed E-state index contributed by atoms with van der Waals surface area (Å²) < 4.78 is 4.90. The normalized spacial score (nSPS) is 10.1. The number of ether oxygens (including phenoxy) is 1. The van der Waals surface area contributed by atoms with Crippen molar-refractivity contribution in [2.24, 2.45) is 0 Å². The maximum Gasteiger partial charge on any atom is 0.338 e. The number of hydrogen-bond donors (Lipinski definition) is 3. The fraction of sp³-hybridized carbons (Fsp3) is 0.211. The van der Waals surface area contributed by atoms with Gasteiger partial charge in [-0.2, -0.15) is 0 Å². The Bertz CT molecular complexity index is 796. The lowest BCUT2D eigenvalue weighted by Gasteiger charge is -2.12. The van der Waals surface area contributed by atoms with E-state index in [1.807, 2.05) is 32.0 Å². The smallest absolute Gasteiger partial charge is 0.338 e. The van der Waals surface area contributed by atoms with Crippen LogP contribution in [0.15, 0.2) is 42.5 Å². The monoisotopic (exact) mass is 355 g/mol. The van der Waals surface area contributed by atoms with Crippen molar-refractivity contribution >= 4 is 29.2 Å². The zero-order valence-electron chi connectivity index (χ0n) is 14.7. The van der Waals surface area contributed by atoms with Crippen LogP contribution in [0.2, 0.25) is 0 Å². The average molecular weight is 355 g/mol. The van der Waals surface area contributed by atoms with Crippen LogP contribution in [0.3, 0.4) is 0 Å². The first-order valence-electron chi connectivity index (χ1n) is 8.02. The Morgan fingerprint density at radius 3 is 2.19 bits per heavy atom. The number of nitrogen functional groups attached to an aromatic ring is 1. The first-order chi connectivity index (χ1) is 12.4. The minimum absolute atomic E-state index is 0.216. The summed E-state index contributed by atoms with van der Waals surface area (Å²) in [5, 5.41) is 5.17. The van der Waals surface area contributed by atoms with Gasteiger partial charge in [0.25, 0.3) is 5.91 Å². The van der Waals surface area contributed by atoms with Crippen molar-refractivity contribution in [3.63, 3.8) is 0 Å². The Kier molecular flexibility index (Phi) is 6.32. The molecule has 136 valence electrons. The van der Waals surface area contributed by atoms with Gasteiger partial charge in [0.2, 0.25) is 5.91 Å². The summed E-state index contributed by atoms with van der Waals surface area (Å²) in [6.45, 7) is 3.08. The molecule has 2 aromatic rings. The van der Waals surface area contributed by atoms with E-state index in [0.29, 0.717) is 11.3 Å². The maximum absolute atomic E-state index is 12.0. The Hall–Kier alpha value is -3.35. The van der Waals surface area contributed by atoms with Gasteiger partial charge in [-0.05, 0) is 49.2 Å². The predicted octanol–water partition coefficient (Wildman–Crippen LogP) is 1.80. The zero-order valence-corrected chi connectivity index (χ0v) is 14.7. The molecule has 2 amide bonds. The summed E-state index contributed by atoms with van der Waals surface area (Å²) in [5.74, 6) is -1.56. The van der Waals surface area contributed by atoms with E-state index in [1.165, 1.54) is 12.1 Å². The highest BCUT2D eigenvalue weighted by Gasteiger charge is 2.12. The molecule has 2 aromatic carbocycles. The van der Waals surface area contributed by atoms with E-state index < -0.39 is 18.5 Å². The lowest BCUT2D eigenvalue weighted by atomic mass is 10.1. The minimum Gasteiger partial charge on any atom is -0.452 e. The summed E-state index contributed by atoms with van der Waals surface area (Å²) in [4.78, 5) is 35.5. The topological polar surface area (TPSA) is 111 Å². The van der Waals surface area contributed by atoms with Crippen LogP contribution in [0.4, 0.5) is 11.4 Å². The molecule has 0 bridgehead atoms. The van der Waals surface area contributed by atoms with E-state index in [-0.39, 0.29) is 12.5 Å². The molecule has 0 saturated carbocycles. The molecule has 0 radical (unpaired) electrons. The highest BCUT2D eigenvalue weighted by molar-refractivity contribution is 5.96. The molecule has 0 heterocycles. The summed E-state index contributed by atoms with van der Waals surface area (Å²) in [6.07, 6.45) is 0. The Balaban J connectivity index is 1.77. The van der Waals surface area contributed by atoms with Crippen LogP contribution < -0.4 is 16.4 Å². The Morgan fingerprint density at radius 2 is 1.58 bits per heavy atom. The van der Waals surface area contributed by atoms with Gasteiger partial charge in [0, 0.05) is 11.4 Å². The number of nitrogens with two attached hydrogens (primary N) is 1. The standard InChI is InChI=1S/C19H21N3O4/c1-12-4-3-5-13(2)18(12)22-16(23)10-21-17(24)11-26-19(25)14-6-8-15(20)9-7-14/h3-9H,10-11,20H2,1-2H3,(H,21,24)(H,22,23). The van der Waals surface area contributed by atoms with E-state index >= 15 is 0 Å². The first-order valence-corrected chi connectivity index (χ1v) is 8.02. The van der Waals surface area contributed by atoms with Crippen LogP contribution in [-0.4, -0.2) is 30.9 Å². The third kappa shape index (κ3) is 5.34. The number of nitrogens with one attached hydrogen (secondary N) is 2. The summed E-state index contributed by atoms with van der Waals surface area (Å²) in [6, 6.07) is 11.8. The largest absolute Gasteiger partial charge is 0.452 e. The Labute approximate surface area is 151 Å². The number of anilines is 2. The van der Waals surface area contributed by atoms with E-state index in [4.69, 9.17) is 10.5 Å². The van der Waals surface area contributed by atoms with Crippen molar-refractivity contribution in [2.75, 3.05) is 24.2 Å². The van der Waals surface area contributed by atoms with Crippen LogP contribution in [-0.2, 0) is 14.3 Å².